The number of alkyl halides is 1. The summed E-state index contributed by atoms with van der Waals surface area (Å²) >= 11 is 3.37. The van der Waals surface area contributed by atoms with Crippen LogP contribution in [0.4, 0.5) is 0 Å². The maximum Gasteiger partial charge on any atom is 0.327 e. The molecule has 0 saturated carbocycles. The summed E-state index contributed by atoms with van der Waals surface area (Å²) < 4.78 is 26.7. The maximum atomic E-state index is 12.8. The zero-order chi connectivity index (χ0) is 19.4. The minimum absolute atomic E-state index is 0.239. The molecule has 0 atom stereocenters. The summed E-state index contributed by atoms with van der Waals surface area (Å²) in [5, 5.41) is 9.59. The first-order valence-electron chi connectivity index (χ1n) is 8.13. The van der Waals surface area contributed by atoms with Crippen LogP contribution in [0.25, 0.3) is 0 Å². The molecule has 0 bridgehead atoms. The van der Waals surface area contributed by atoms with Crippen molar-refractivity contribution in [3.05, 3.63) is 66.0 Å². The smallest absolute Gasteiger partial charge is 0.327 e. The van der Waals surface area contributed by atoms with Crippen molar-refractivity contribution in [2.75, 3.05) is 5.33 Å². The van der Waals surface area contributed by atoms with Gasteiger partial charge < -0.3 is 5.11 Å². The molecule has 1 aromatic heterocycles. The van der Waals surface area contributed by atoms with Crippen molar-refractivity contribution < 1.29 is 18.3 Å². The quantitative estimate of drug-likeness (QED) is 0.500. The molecule has 0 unspecified atom stereocenters. The van der Waals surface area contributed by atoms with Gasteiger partial charge in [-0.3, -0.25) is 0 Å². The molecular weight excluding hydrogens is 418 g/mol. The Morgan fingerprint density at radius 3 is 2.42 bits per heavy atom. The van der Waals surface area contributed by atoms with E-state index in [9.17, 15) is 13.2 Å². The Morgan fingerprint density at radius 1 is 1.19 bits per heavy atom. The molecule has 1 heterocycles. The van der Waals surface area contributed by atoms with Crippen LogP contribution in [0.5, 0.6) is 0 Å². The summed E-state index contributed by atoms with van der Waals surface area (Å²) in [5.41, 5.74) is 1.50. The number of aryl methyl sites for hydroxylation is 1. The molecule has 0 fully saturated rings. The summed E-state index contributed by atoms with van der Waals surface area (Å²) in [4.78, 5) is 10.9. The fraction of sp³-hybridized carbons (Fsp3) is 0.316. The van der Waals surface area contributed by atoms with Gasteiger partial charge in [0, 0.05) is 23.8 Å². The molecule has 140 valence electrons. The predicted octanol–water partition coefficient (Wildman–Crippen LogP) is 3.87. The van der Waals surface area contributed by atoms with E-state index in [1.165, 1.54) is 10.2 Å². The highest BCUT2D eigenvalue weighted by atomic mass is 79.9. The molecule has 0 radical (unpaired) electrons. The molecule has 0 saturated heterocycles. The van der Waals surface area contributed by atoms with E-state index in [0.29, 0.717) is 6.42 Å². The third-order valence-corrected chi connectivity index (χ3v) is 5.99. The molecule has 0 aliphatic rings. The van der Waals surface area contributed by atoms with Gasteiger partial charge in [-0.1, -0.05) is 48.0 Å². The molecule has 1 N–H and O–H groups in total. The van der Waals surface area contributed by atoms with Crippen molar-refractivity contribution in [2.45, 2.75) is 31.6 Å². The molecule has 2 aromatic rings. The molecule has 0 spiro atoms. The largest absolute Gasteiger partial charge is 0.478 e. The number of hydrogen-bond acceptors (Lipinski definition) is 3. The number of allylic oxidation sites excluding steroid dienone is 1. The lowest BCUT2D eigenvalue weighted by Crippen LogP contribution is -2.13. The monoisotopic (exact) mass is 439 g/mol. The first-order chi connectivity index (χ1) is 12.1. The fourth-order valence-corrected chi connectivity index (χ4v) is 4.29. The van der Waals surface area contributed by atoms with Crippen LogP contribution >= 0.6 is 15.9 Å². The fourth-order valence-electron chi connectivity index (χ4n) is 2.61. The first-order valence-corrected chi connectivity index (χ1v) is 10.7. The molecule has 7 heteroatoms. The van der Waals surface area contributed by atoms with Crippen LogP contribution in [-0.2, 0) is 27.7 Å². The molecular formula is C19H22BrNO4S. The summed E-state index contributed by atoms with van der Waals surface area (Å²) in [6.45, 7) is 3.81. The van der Waals surface area contributed by atoms with Crippen LogP contribution in [0, 0.1) is 5.41 Å². The van der Waals surface area contributed by atoms with Gasteiger partial charge in [0.05, 0.1) is 4.90 Å². The van der Waals surface area contributed by atoms with Gasteiger partial charge in [0.1, 0.15) is 0 Å². The van der Waals surface area contributed by atoms with Crippen molar-refractivity contribution in [1.82, 2.24) is 3.97 Å². The molecule has 0 aliphatic heterocycles. The van der Waals surface area contributed by atoms with Gasteiger partial charge in [-0.05, 0) is 47.6 Å². The second-order valence-corrected chi connectivity index (χ2v) is 9.41. The molecule has 26 heavy (non-hydrogen) atoms. The van der Waals surface area contributed by atoms with Crippen LogP contribution < -0.4 is 0 Å². The van der Waals surface area contributed by atoms with Gasteiger partial charge in [0.25, 0.3) is 10.0 Å². The van der Waals surface area contributed by atoms with E-state index in [-0.39, 0.29) is 4.90 Å². The molecule has 0 aliphatic carbocycles. The Hall–Kier alpha value is -1.86. The van der Waals surface area contributed by atoms with Crippen molar-refractivity contribution in [3.63, 3.8) is 0 Å². The van der Waals surface area contributed by atoms with Crippen LogP contribution in [0.15, 0.2) is 59.8 Å². The number of nitrogens with zero attached hydrogens (tertiary/aromatic N) is 1. The first kappa shape index (κ1) is 20.5. The molecule has 0 amide bonds. The zero-order valence-corrected chi connectivity index (χ0v) is 17.1. The van der Waals surface area contributed by atoms with Gasteiger partial charge >= 0.3 is 5.97 Å². The van der Waals surface area contributed by atoms with E-state index in [4.69, 9.17) is 5.11 Å². The number of carbonyl (C=O) groups is 1. The van der Waals surface area contributed by atoms with E-state index in [0.717, 1.165) is 29.0 Å². The highest BCUT2D eigenvalue weighted by Crippen LogP contribution is 2.25. The number of aliphatic carboxylic acids is 1. The Labute approximate surface area is 162 Å². The zero-order valence-electron chi connectivity index (χ0n) is 14.7. The number of halogens is 1. The van der Waals surface area contributed by atoms with Crippen LogP contribution in [-0.4, -0.2) is 28.8 Å². The molecule has 1 aromatic carbocycles. The van der Waals surface area contributed by atoms with Crippen molar-refractivity contribution in [2.24, 2.45) is 5.41 Å². The average molecular weight is 440 g/mol. The lowest BCUT2D eigenvalue weighted by molar-refractivity contribution is -0.131. The van der Waals surface area contributed by atoms with Crippen LogP contribution in [0.1, 0.15) is 25.0 Å². The van der Waals surface area contributed by atoms with E-state index in [1.54, 1.807) is 30.5 Å². The molecule has 2 rings (SSSR count). The Bertz CT molecular complexity index is 896. The number of carboxylic acids is 1. The second-order valence-electron chi connectivity index (χ2n) is 6.77. The van der Waals surface area contributed by atoms with Crippen molar-refractivity contribution >= 4 is 31.9 Å². The van der Waals surface area contributed by atoms with Gasteiger partial charge in [-0.15, -0.1) is 0 Å². The summed E-state index contributed by atoms with van der Waals surface area (Å²) in [5.74, 6) is -0.999. The van der Waals surface area contributed by atoms with E-state index < -0.39 is 21.4 Å². The highest BCUT2D eigenvalue weighted by Gasteiger charge is 2.20. The number of aromatic nitrogens is 1. The highest BCUT2D eigenvalue weighted by molar-refractivity contribution is 9.09. The van der Waals surface area contributed by atoms with Crippen LogP contribution in [0.3, 0.4) is 0 Å². The van der Waals surface area contributed by atoms with Gasteiger partial charge in [0.2, 0.25) is 0 Å². The normalized spacial score (nSPS) is 12.6. The Morgan fingerprint density at radius 2 is 1.85 bits per heavy atom. The topological polar surface area (TPSA) is 76.4 Å². The summed E-state index contributed by atoms with van der Waals surface area (Å²) in [7, 11) is -3.64. The second kappa shape index (κ2) is 8.22. The Balaban J connectivity index is 2.21. The van der Waals surface area contributed by atoms with Crippen LogP contribution in [0.2, 0.25) is 0 Å². The Kier molecular flexibility index (Phi) is 6.47. The lowest BCUT2D eigenvalue weighted by Gasteiger charge is -2.18. The number of rotatable bonds is 8. The van der Waals surface area contributed by atoms with Crippen molar-refractivity contribution in [1.29, 1.82) is 0 Å². The van der Waals surface area contributed by atoms with E-state index >= 15 is 0 Å². The predicted molar refractivity (Wildman–Crippen MR) is 105 cm³/mol. The third-order valence-electron chi connectivity index (χ3n) is 3.95. The van der Waals surface area contributed by atoms with E-state index in [1.807, 2.05) is 26.0 Å². The van der Waals surface area contributed by atoms with E-state index in [2.05, 4.69) is 15.9 Å². The summed E-state index contributed by atoms with van der Waals surface area (Å²) in [6, 6.07) is 8.61. The standard InChI is InChI=1S/C19H22BrNO4S/c1-19(2,10-7-18(22)23)13-16-9-12-21(14-16)26(24,25)17-5-3-15(4-6-17)8-11-20/h3-7,9-10,12,14H,8,11,13H2,1-2H3,(H,22,23)/b10-7+. The van der Waals surface area contributed by atoms with Crippen molar-refractivity contribution in [3.8, 4) is 0 Å². The molecule has 5 nitrogen and oxygen atoms in total. The number of benzene rings is 1. The maximum absolute atomic E-state index is 12.8. The SMILES string of the molecule is CC(C)(/C=C/C(=O)O)Cc1ccn(S(=O)(=O)c2ccc(CCBr)cc2)c1. The van der Waals surface area contributed by atoms with Gasteiger partial charge in [-0.25, -0.2) is 17.2 Å². The van der Waals surface area contributed by atoms with Gasteiger partial charge in [-0.2, -0.15) is 0 Å². The third kappa shape index (κ3) is 5.32. The average Bonchev–Trinajstić information content (AvgIpc) is 3.02. The number of carboxylic acid groups (broad SMARTS) is 1. The van der Waals surface area contributed by atoms with Gasteiger partial charge in [0.15, 0.2) is 0 Å². The summed E-state index contributed by atoms with van der Waals surface area (Å²) in [6.07, 6.45) is 7.20. The minimum atomic E-state index is -3.64. The minimum Gasteiger partial charge on any atom is -0.478 e. The number of hydrogen-bond donors (Lipinski definition) is 1. The lowest BCUT2D eigenvalue weighted by atomic mass is 9.86.